The van der Waals surface area contributed by atoms with Crippen LogP contribution in [0.5, 0.6) is 0 Å². The molecule has 3 nitrogen and oxygen atoms in total. The average Bonchev–Trinajstić information content (AvgIpc) is 2.99. The molecule has 1 heterocycles. The van der Waals surface area contributed by atoms with E-state index < -0.39 is 0 Å². The molecule has 0 saturated carbocycles. The fourth-order valence-corrected chi connectivity index (χ4v) is 2.60. The van der Waals surface area contributed by atoms with Gasteiger partial charge in [0.1, 0.15) is 0 Å². The summed E-state index contributed by atoms with van der Waals surface area (Å²) in [6.45, 7) is 1.61. The summed E-state index contributed by atoms with van der Waals surface area (Å²) in [5.41, 5.74) is 2.49. The highest BCUT2D eigenvalue weighted by molar-refractivity contribution is 6.30. The highest BCUT2D eigenvalue weighted by Gasteiger charge is 2.21. The van der Waals surface area contributed by atoms with Gasteiger partial charge in [-0.25, -0.2) is 0 Å². The van der Waals surface area contributed by atoms with E-state index in [9.17, 15) is 0 Å². The maximum absolute atomic E-state index is 5.93. The highest BCUT2D eigenvalue weighted by atomic mass is 35.5. The summed E-state index contributed by atoms with van der Waals surface area (Å²) in [7, 11) is 2.06. The Balaban J connectivity index is 1.62. The zero-order valence-corrected chi connectivity index (χ0v) is 12.7. The Labute approximate surface area is 130 Å². The van der Waals surface area contributed by atoms with E-state index in [1.165, 1.54) is 11.1 Å². The first-order valence-electron chi connectivity index (χ1n) is 7.04. The lowest BCUT2D eigenvalue weighted by molar-refractivity contribution is 0.480. The summed E-state index contributed by atoms with van der Waals surface area (Å²) in [5, 5.41) is 4.24. The van der Waals surface area contributed by atoms with Crippen LogP contribution in [-0.2, 0) is 6.54 Å². The standard InChI is InChI=1S/C17H18ClN3/c1-21(12-13-5-3-2-4-6-13)17-19-11-16(20-17)14-7-9-15(18)10-8-14/h2-10,16H,11-12H2,1H3,(H,19,20). The number of hydrogen-bond acceptors (Lipinski definition) is 3. The van der Waals surface area contributed by atoms with E-state index in [-0.39, 0.29) is 6.04 Å². The molecule has 1 atom stereocenters. The molecule has 0 bridgehead atoms. The second-order valence-electron chi connectivity index (χ2n) is 5.25. The molecule has 0 fully saturated rings. The molecule has 1 aliphatic rings. The highest BCUT2D eigenvalue weighted by Crippen LogP contribution is 2.20. The van der Waals surface area contributed by atoms with Gasteiger partial charge >= 0.3 is 0 Å². The maximum atomic E-state index is 5.93. The van der Waals surface area contributed by atoms with Gasteiger partial charge in [0.25, 0.3) is 0 Å². The molecular formula is C17H18ClN3. The van der Waals surface area contributed by atoms with Crippen LogP contribution in [0.15, 0.2) is 59.6 Å². The zero-order chi connectivity index (χ0) is 14.7. The lowest BCUT2D eigenvalue weighted by atomic mass is 10.1. The maximum Gasteiger partial charge on any atom is 0.194 e. The summed E-state index contributed by atoms with van der Waals surface area (Å²) in [6.07, 6.45) is 0. The summed E-state index contributed by atoms with van der Waals surface area (Å²) in [6, 6.07) is 18.6. The number of rotatable bonds is 3. The minimum absolute atomic E-state index is 0.232. The smallest absolute Gasteiger partial charge is 0.194 e. The quantitative estimate of drug-likeness (QED) is 0.940. The topological polar surface area (TPSA) is 27.6 Å². The summed E-state index contributed by atoms with van der Waals surface area (Å²) in [4.78, 5) is 6.75. The van der Waals surface area contributed by atoms with Crippen LogP contribution in [0.2, 0.25) is 5.02 Å². The monoisotopic (exact) mass is 299 g/mol. The molecule has 4 heteroatoms. The van der Waals surface area contributed by atoms with E-state index in [2.05, 4.69) is 58.7 Å². The Morgan fingerprint density at radius 3 is 2.57 bits per heavy atom. The van der Waals surface area contributed by atoms with Crippen molar-refractivity contribution in [2.24, 2.45) is 4.99 Å². The van der Waals surface area contributed by atoms with Gasteiger partial charge in [0.05, 0.1) is 12.6 Å². The molecule has 0 aliphatic carbocycles. The second kappa shape index (κ2) is 6.19. The largest absolute Gasteiger partial charge is 0.348 e. The van der Waals surface area contributed by atoms with E-state index in [0.717, 1.165) is 24.1 Å². The van der Waals surface area contributed by atoms with Crippen LogP contribution in [0, 0.1) is 0 Å². The molecule has 0 amide bonds. The van der Waals surface area contributed by atoms with E-state index in [4.69, 9.17) is 11.6 Å². The van der Waals surface area contributed by atoms with Crippen molar-refractivity contribution in [1.29, 1.82) is 0 Å². The Hall–Kier alpha value is -2.00. The number of nitrogens with zero attached hydrogens (tertiary/aromatic N) is 2. The van der Waals surface area contributed by atoms with E-state index in [1.807, 2.05) is 18.2 Å². The van der Waals surface area contributed by atoms with E-state index in [0.29, 0.717) is 0 Å². The van der Waals surface area contributed by atoms with Gasteiger partial charge in [-0.3, -0.25) is 4.99 Å². The Morgan fingerprint density at radius 1 is 1.14 bits per heavy atom. The van der Waals surface area contributed by atoms with Gasteiger partial charge in [0.15, 0.2) is 5.96 Å². The second-order valence-corrected chi connectivity index (χ2v) is 5.69. The molecule has 21 heavy (non-hydrogen) atoms. The van der Waals surface area contributed by atoms with Gasteiger partial charge in [-0.15, -0.1) is 0 Å². The van der Waals surface area contributed by atoms with Gasteiger partial charge in [-0.1, -0.05) is 54.1 Å². The van der Waals surface area contributed by atoms with Crippen LogP contribution in [0.4, 0.5) is 0 Å². The third-order valence-electron chi connectivity index (χ3n) is 3.62. The third-order valence-corrected chi connectivity index (χ3v) is 3.88. The summed E-state index contributed by atoms with van der Waals surface area (Å²) < 4.78 is 0. The Morgan fingerprint density at radius 2 is 1.86 bits per heavy atom. The number of halogens is 1. The molecular weight excluding hydrogens is 282 g/mol. The van der Waals surface area contributed by atoms with Crippen molar-refractivity contribution in [3.05, 3.63) is 70.7 Å². The van der Waals surface area contributed by atoms with Crippen molar-refractivity contribution in [2.75, 3.05) is 13.6 Å². The number of aliphatic imine (C=N–C) groups is 1. The van der Waals surface area contributed by atoms with Gasteiger partial charge in [-0.2, -0.15) is 0 Å². The van der Waals surface area contributed by atoms with Gasteiger partial charge in [0, 0.05) is 18.6 Å². The fraction of sp³-hybridized carbons (Fsp3) is 0.235. The lowest BCUT2D eigenvalue weighted by Gasteiger charge is -2.21. The van der Waals surface area contributed by atoms with Gasteiger partial charge in [-0.05, 0) is 23.3 Å². The van der Waals surface area contributed by atoms with E-state index in [1.54, 1.807) is 0 Å². The normalized spacial score (nSPS) is 17.2. The molecule has 1 aliphatic heterocycles. The molecule has 0 saturated heterocycles. The molecule has 0 aromatic heterocycles. The molecule has 1 unspecified atom stereocenters. The number of nitrogens with one attached hydrogen (secondary N) is 1. The first kappa shape index (κ1) is 14.0. The van der Waals surface area contributed by atoms with Crippen molar-refractivity contribution in [2.45, 2.75) is 12.6 Å². The molecule has 2 aromatic carbocycles. The molecule has 0 spiro atoms. The van der Waals surface area contributed by atoms with Crippen LogP contribution < -0.4 is 5.32 Å². The van der Waals surface area contributed by atoms with Crippen molar-refractivity contribution in [3.8, 4) is 0 Å². The minimum Gasteiger partial charge on any atom is -0.348 e. The number of guanidine groups is 1. The SMILES string of the molecule is CN(Cc1ccccc1)C1=NCC(c2ccc(Cl)cc2)N1. The molecule has 1 N–H and O–H groups in total. The van der Waals surface area contributed by atoms with E-state index >= 15 is 0 Å². The summed E-state index contributed by atoms with van der Waals surface area (Å²) >= 11 is 5.93. The minimum atomic E-state index is 0.232. The lowest BCUT2D eigenvalue weighted by Crippen LogP contribution is -2.36. The van der Waals surface area contributed by atoms with Crippen molar-refractivity contribution >= 4 is 17.6 Å². The molecule has 2 aromatic rings. The van der Waals surface area contributed by atoms with Crippen molar-refractivity contribution in [3.63, 3.8) is 0 Å². The molecule has 108 valence electrons. The first-order chi connectivity index (χ1) is 10.2. The van der Waals surface area contributed by atoms with Crippen molar-refractivity contribution in [1.82, 2.24) is 10.2 Å². The zero-order valence-electron chi connectivity index (χ0n) is 12.0. The predicted octanol–water partition coefficient (Wildman–Crippen LogP) is 3.47. The summed E-state index contributed by atoms with van der Waals surface area (Å²) in [5.74, 6) is 0.943. The van der Waals surface area contributed by atoms with Crippen LogP contribution in [-0.4, -0.2) is 24.5 Å². The molecule has 0 radical (unpaired) electrons. The Kier molecular flexibility index (Phi) is 4.11. The first-order valence-corrected chi connectivity index (χ1v) is 7.42. The molecule has 3 rings (SSSR count). The van der Waals surface area contributed by atoms with Crippen LogP contribution in [0.25, 0.3) is 0 Å². The average molecular weight is 300 g/mol. The van der Waals surface area contributed by atoms with Gasteiger partial charge in [0.2, 0.25) is 0 Å². The fourth-order valence-electron chi connectivity index (χ4n) is 2.47. The van der Waals surface area contributed by atoms with Crippen molar-refractivity contribution < 1.29 is 0 Å². The van der Waals surface area contributed by atoms with Crippen LogP contribution in [0.1, 0.15) is 17.2 Å². The van der Waals surface area contributed by atoms with Crippen LogP contribution >= 0.6 is 11.6 Å². The van der Waals surface area contributed by atoms with Gasteiger partial charge < -0.3 is 10.2 Å². The predicted molar refractivity (Wildman–Crippen MR) is 87.5 cm³/mol. The number of benzene rings is 2. The Bertz CT molecular complexity index is 622. The van der Waals surface area contributed by atoms with Crippen LogP contribution in [0.3, 0.4) is 0 Å². The number of hydrogen-bond donors (Lipinski definition) is 1. The third kappa shape index (κ3) is 3.37.